The highest BCUT2D eigenvalue weighted by Gasteiger charge is 2.57. The van der Waals surface area contributed by atoms with Crippen LogP contribution in [0.2, 0.25) is 0 Å². The molecule has 0 saturated heterocycles. The van der Waals surface area contributed by atoms with E-state index in [2.05, 4.69) is 0 Å². The number of hydrogen-bond donors (Lipinski definition) is 2. The average Bonchev–Trinajstić information content (AvgIpc) is 2.38. The van der Waals surface area contributed by atoms with Crippen molar-refractivity contribution >= 4 is 0 Å². The highest BCUT2D eigenvalue weighted by molar-refractivity contribution is 4.78. The first-order valence-corrected chi connectivity index (χ1v) is 7.01. The Morgan fingerprint density at radius 1 is 0.458 bits per heavy atom. The summed E-state index contributed by atoms with van der Waals surface area (Å²) in [5.41, 5.74) is 0. The first kappa shape index (κ1) is 23.2. The number of alkyl halides is 10. The molecule has 0 heterocycles. The van der Waals surface area contributed by atoms with Crippen LogP contribution in [0.3, 0.4) is 0 Å². The van der Waals surface area contributed by atoms with Gasteiger partial charge >= 0.3 is 24.2 Å². The molecule has 0 fully saturated rings. The van der Waals surface area contributed by atoms with Crippen molar-refractivity contribution < 1.29 is 43.9 Å². The van der Waals surface area contributed by atoms with Gasteiger partial charge in [0.1, 0.15) is 0 Å². The summed E-state index contributed by atoms with van der Waals surface area (Å²) in [7, 11) is 0. The van der Waals surface area contributed by atoms with Gasteiger partial charge in [0, 0.05) is 0 Å². The van der Waals surface area contributed by atoms with Gasteiger partial charge in [-0.2, -0.15) is 43.9 Å². The lowest BCUT2D eigenvalue weighted by molar-refractivity contribution is -0.279. The third-order valence-electron chi connectivity index (χ3n) is 2.98. The lowest BCUT2D eigenvalue weighted by Gasteiger charge is -2.20. The van der Waals surface area contributed by atoms with E-state index in [1.54, 1.807) is 0 Å². The molecular formula is C12H18F10N2. The fourth-order valence-electron chi connectivity index (χ4n) is 1.54. The molecule has 0 aliphatic rings. The Balaban J connectivity index is 3.60. The molecule has 0 aliphatic carbocycles. The monoisotopic (exact) mass is 380 g/mol. The molecule has 0 aliphatic heterocycles. The molecule has 0 spiro atoms. The van der Waals surface area contributed by atoms with Crippen LogP contribution in [0, 0.1) is 0 Å². The van der Waals surface area contributed by atoms with E-state index >= 15 is 0 Å². The largest absolute Gasteiger partial charge is 0.454 e. The summed E-state index contributed by atoms with van der Waals surface area (Å²) in [4.78, 5) is 0. The molecule has 0 bridgehead atoms. The van der Waals surface area contributed by atoms with Crippen molar-refractivity contribution in [3.05, 3.63) is 0 Å². The van der Waals surface area contributed by atoms with Crippen molar-refractivity contribution in [1.82, 2.24) is 10.6 Å². The lowest BCUT2D eigenvalue weighted by atomic mass is 10.2. The van der Waals surface area contributed by atoms with E-state index in [9.17, 15) is 43.9 Å². The fourth-order valence-corrected chi connectivity index (χ4v) is 1.54. The maximum atomic E-state index is 12.5. The normalized spacial score (nSPS) is 14.2. The quantitative estimate of drug-likeness (QED) is 0.416. The molecule has 0 aromatic carbocycles. The second kappa shape index (κ2) is 9.07. The van der Waals surface area contributed by atoms with Gasteiger partial charge in [-0.3, -0.25) is 0 Å². The minimum absolute atomic E-state index is 0.0920. The number of halogens is 10. The molecule has 146 valence electrons. The maximum absolute atomic E-state index is 12.5. The number of unbranched alkanes of at least 4 members (excludes halogenated alkanes) is 3. The van der Waals surface area contributed by atoms with Crippen LogP contribution >= 0.6 is 0 Å². The molecule has 0 aromatic heterocycles. The first-order valence-electron chi connectivity index (χ1n) is 7.01. The second-order valence-corrected chi connectivity index (χ2v) is 5.17. The Kier molecular flexibility index (Phi) is 8.77. The van der Waals surface area contributed by atoms with E-state index in [-0.39, 0.29) is 25.9 Å². The Bertz CT molecular complexity index is 317. The molecule has 0 aromatic rings. The molecule has 0 atom stereocenters. The summed E-state index contributed by atoms with van der Waals surface area (Å²) in [5, 5.41) is 3.92. The van der Waals surface area contributed by atoms with Crippen molar-refractivity contribution in [1.29, 1.82) is 0 Å². The van der Waals surface area contributed by atoms with Gasteiger partial charge in [-0.05, 0) is 25.9 Å². The minimum atomic E-state index is -5.62. The summed E-state index contributed by atoms with van der Waals surface area (Å²) in [6.45, 7) is -3.26. The van der Waals surface area contributed by atoms with Gasteiger partial charge in [-0.25, -0.2) is 0 Å². The van der Waals surface area contributed by atoms with Crippen molar-refractivity contribution in [3.8, 4) is 0 Å². The van der Waals surface area contributed by atoms with Crippen LogP contribution in [0.25, 0.3) is 0 Å². The van der Waals surface area contributed by atoms with Crippen molar-refractivity contribution in [2.24, 2.45) is 0 Å². The van der Waals surface area contributed by atoms with E-state index in [0.717, 1.165) is 0 Å². The number of nitrogens with one attached hydrogen (secondary N) is 2. The molecule has 0 unspecified atom stereocenters. The lowest BCUT2D eigenvalue weighted by Crippen LogP contribution is -2.45. The zero-order valence-corrected chi connectivity index (χ0v) is 12.4. The standard InChI is InChI=1S/C12H18F10N2/c13-9(14,11(17,18)19)7-23-5-3-1-2-4-6-24-8-10(15,16)12(20,21)22/h23-24H,1-8H2. The Hall–Kier alpha value is -0.780. The predicted octanol–water partition coefficient (Wildman–Crippen LogP) is 4.12. The van der Waals surface area contributed by atoms with Gasteiger partial charge in [0.05, 0.1) is 13.1 Å². The predicted molar refractivity (Wildman–Crippen MR) is 66.2 cm³/mol. The summed E-state index contributed by atoms with van der Waals surface area (Å²) < 4.78 is 121. The third kappa shape index (κ3) is 8.36. The van der Waals surface area contributed by atoms with Gasteiger partial charge in [-0.1, -0.05) is 12.8 Å². The summed E-state index contributed by atoms with van der Waals surface area (Å²) in [5.74, 6) is -9.64. The van der Waals surface area contributed by atoms with Crippen molar-refractivity contribution in [2.75, 3.05) is 26.2 Å². The van der Waals surface area contributed by atoms with Crippen molar-refractivity contribution in [2.45, 2.75) is 49.9 Å². The van der Waals surface area contributed by atoms with Crippen LogP contribution in [-0.4, -0.2) is 50.4 Å². The van der Waals surface area contributed by atoms with E-state index in [1.165, 1.54) is 0 Å². The Morgan fingerprint density at radius 3 is 1.00 bits per heavy atom. The van der Waals surface area contributed by atoms with E-state index in [0.29, 0.717) is 12.8 Å². The van der Waals surface area contributed by atoms with E-state index in [1.807, 2.05) is 10.6 Å². The second-order valence-electron chi connectivity index (χ2n) is 5.17. The summed E-state index contributed by atoms with van der Waals surface area (Å²) in [6, 6.07) is 0. The first-order chi connectivity index (χ1) is 10.7. The number of rotatable bonds is 11. The molecule has 12 heteroatoms. The minimum Gasteiger partial charge on any atom is -0.311 e. The summed E-state index contributed by atoms with van der Waals surface area (Å²) in [6.07, 6.45) is -9.89. The number of hydrogen-bond acceptors (Lipinski definition) is 2. The zero-order valence-electron chi connectivity index (χ0n) is 12.4. The van der Waals surface area contributed by atoms with Crippen molar-refractivity contribution in [3.63, 3.8) is 0 Å². The smallest absolute Gasteiger partial charge is 0.311 e. The van der Waals surface area contributed by atoms with Gasteiger partial charge < -0.3 is 10.6 Å². The van der Waals surface area contributed by atoms with Gasteiger partial charge in [0.2, 0.25) is 0 Å². The molecule has 0 amide bonds. The Labute approximate surface area is 132 Å². The van der Waals surface area contributed by atoms with Gasteiger partial charge in [0.15, 0.2) is 0 Å². The van der Waals surface area contributed by atoms with E-state index < -0.39 is 37.3 Å². The molecule has 24 heavy (non-hydrogen) atoms. The maximum Gasteiger partial charge on any atom is 0.454 e. The molecule has 0 saturated carbocycles. The van der Waals surface area contributed by atoms with E-state index in [4.69, 9.17) is 0 Å². The van der Waals surface area contributed by atoms with Crippen LogP contribution in [0.4, 0.5) is 43.9 Å². The van der Waals surface area contributed by atoms with Gasteiger partial charge in [-0.15, -0.1) is 0 Å². The zero-order chi connectivity index (χ0) is 19.1. The summed E-state index contributed by atoms with van der Waals surface area (Å²) >= 11 is 0. The fraction of sp³-hybridized carbons (Fsp3) is 1.00. The highest BCUT2D eigenvalue weighted by Crippen LogP contribution is 2.35. The molecule has 2 N–H and O–H groups in total. The Morgan fingerprint density at radius 2 is 0.750 bits per heavy atom. The molecule has 0 radical (unpaired) electrons. The van der Waals surface area contributed by atoms with Crippen LogP contribution in [0.5, 0.6) is 0 Å². The topological polar surface area (TPSA) is 24.1 Å². The molecular weight excluding hydrogens is 362 g/mol. The molecule has 0 rings (SSSR count). The van der Waals surface area contributed by atoms with Gasteiger partial charge in [0.25, 0.3) is 0 Å². The highest BCUT2D eigenvalue weighted by atomic mass is 19.4. The van der Waals surface area contributed by atoms with Crippen LogP contribution in [-0.2, 0) is 0 Å². The average molecular weight is 380 g/mol. The van der Waals surface area contributed by atoms with Crippen LogP contribution < -0.4 is 10.6 Å². The van der Waals surface area contributed by atoms with Crippen LogP contribution in [0.15, 0.2) is 0 Å². The SMILES string of the molecule is FC(F)(F)C(F)(F)CNCCCCCCNCC(F)(F)C(F)(F)F. The third-order valence-corrected chi connectivity index (χ3v) is 2.98. The van der Waals surface area contributed by atoms with Crippen LogP contribution in [0.1, 0.15) is 25.7 Å². The molecule has 2 nitrogen and oxygen atoms in total.